The average Bonchev–Trinajstić information content (AvgIpc) is 2.75. The van der Waals surface area contributed by atoms with E-state index in [1.54, 1.807) is 0 Å². The van der Waals surface area contributed by atoms with Gasteiger partial charge in [-0.25, -0.2) is 0 Å². The first kappa shape index (κ1) is 44.6. The number of unbranched alkanes of at least 4 members (excludes halogenated alkanes) is 14. The van der Waals surface area contributed by atoms with E-state index in [9.17, 15) is 0 Å². The fraction of sp³-hybridized carbons (Fsp3) is 1.00. The van der Waals surface area contributed by atoms with E-state index in [-0.39, 0.29) is 57.9 Å². The van der Waals surface area contributed by atoms with Crippen molar-refractivity contribution in [1.29, 1.82) is 0 Å². The minimum Gasteiger partial charge on any atom is -1.00 e. The zero-order valence-electron chi connectivity index (χ0n) is 26.0. The lowest BCUT2D eigenvalue weighted by atomic mass is 10.1. The molecule has 36 heavy (non-hydrogen) atoms. The first-order valence-corrected chi connectivity index (χ1v) is 15.0. The van der Waals surface area contributed by atoms with Gasteiger partial charge in [-0.1, -0.05) is 90.9 Å². The van der Waals surface area contributed by atoms with Crippen LogP contribution in [0.5, 0.6) is 0 Å². The van der Waals surface area contributed by atoms with Crippen LogP contribution in [0, 0.1) is 0 Å². The van der Waals surface area contributed by atoms with E-state index in [1.807, 2.05) is 0 Å². The summed E-state index contributed by atoms with van der Waals surface area (Å²) in [4.78, 5) is 0. The minimum absolute atomic E-state index is 0. The van der Waals surface area contributed by atoms with Crippen molar-refractivity contribution in [3.8, 4) is 0 Å². The van der Waals surface area contributed by atoms with Crippen molar-refractivity contribution in [3.05, 3.63) is 0 Å². The van der Waals surface area contributed by atoms with Crippen molar-refractivity contribution in [2.24, 2.45) is 0 Å². The molecule has 0 bridgehead atoms. The molecule has 0 fully saturated rings. The van der Waals surface area contributed by atoms with Gasteiger partial charge in [-0.3, -0.25) is 0 Å². The summed E-state index contributed by atoms with van der Waals surface area (Å²) in [7, 11) is 14.7. The zero-order chi connectivity index (χ0) is 25.1. The van der Waals surface area contributed by atoms with Crippen LogP contribution in [0.15, 0.2) is 0 Å². The van der Waals surface area contributed by atoms with Gasteiger partial charge in [0.15, 0.2) is 0 Å². The van der Waals surface area contributed by atoms with Crippen LogP contribution in [0.25, 0.3) is 0 Å². The topological polar surface area (TPSA) is 0 Å². The minimum atomic E-state index is 0. The van der Waals surface area contributed by atoms with Gasteiger partial charge in [0, 0.05) is 0 Å². The van der Waals surface area contributed by atoms with Gasteiger partial charge in [0.2, 0.25) is 0 Å². The quantitative estimate of drug-likeness (QED) is 0.0641. The molecule has 6 heteroatoms. The van der Waals surface area contributed by atoms with E-state index in [2.05, 4.69) is 56.1 Å². The summed E-state index contributed by atoms with van der Waals surface area (Å²) < 4.78 is 3.54. The lowest BCUT2D eigenvalue weighted by Gasteiger charge is -2.38. The molecule has 0 N–H and O–H groups in total. The number of hydrogen-bond acceptors (Lipinski definition) is 0. The van der Waals surface area contributed by atoms with Gasteiger partial charge in [-0.05, 0) is 25.7 Å². The smallest absolute Gasteiger partial charge is 0.128 e. The molecule has 0 radical (unpaired) electrons. The Morgan fingerprint density at radius 1 is 0.306 bits per heavy atom. The maximum atomic E-state index is 2.45. The van der Waals surface area contributed by atoms with Crippen molar-refractivity contribution < 1.29 is 71.4 Å². The molecular formula is C30H68Br2IN3. The van der Waals surface area contributed by atoms with E-state index in [1.165, 1.54) is 151 Å². The molecule has 0 aromatic carbocycles. The SMILES string of the molecule is CCCCCCCCCC[N+](C)(C)CC[N+](C)(C)CC[N+](C)(C)CCCCCCCCCC.[Br-].[Br-].[I-]. The fourth-order valence-electron chi connectivity index (χ4n) is 4.77. The monoisotopic (exact) mass is 755 g/mol. The second-order valence-corrected chi connectivity index (χ2v) is 13.1. The molecule has 0 rings (SSSR count). The van der Waals surface area contributed by atoms with Gasteiger partial charge in [0.1, 0.15) is 26.2 Å². The molecule has 0 unspecified atom stereocenters. The average molecular weight is 758 g/mol. The maximum absolute atomic E-state index is 2.45. The number of rotatable bonds is 24. The van der Waals surface area contributed by atoms with Crippen LogP contribution in [0.2, 0.25) is 0 Å². The zero-order valence-corrected chi connectivity index (χ0v) is 31.4. The lowest BCUT2D eigenvalue weighted by molar-refractivity contribution is -0.967. The van der Waals surface area contributed by atoms with Gasteiger partial charge >= 0.3 is 0 Å². The maximum Gasteiger partial charge on any atom is 0.128 e. The summed E-state index contributed by atoms with van der Waals surface area (Å²) in [6.07, 6.45) is 22.8. The molecule has 0 aliphatic rings. The molecule has 3 nitrogen and oxygen atoms in total. The third-order valence-corrected chi connectivity index (χ3v) is 7.86. The Labute approximate surface area is 267 Å². The number of quaternary nitrogens is 3. The summed E-state index contributed by atoms with van der Waals surface area (Å²) in [5.41, 5.74) is 0. The number of halogens is 3. The van der Waals surface area contributed by atoms with Crippen molar-refractivity contribution in [3.63, 3.8) is 0 Å². The predicted molar refractivity (Wildman–Crippen MR) is 151 cm³/mol. The van der Waals surface area contributed by atoms with E-state index >= 15 is 0 Å². The fourth-order valence-corrected chi connectivity index (χ4v) is 4.77. The summed E-state index contributed by atoms with van der Waals surface area (Å²) in [5, 5.41) is 0. The molecule has 0 heterocycles. The molecule has 0 saturated carbocycles. The van der Waals surface area contributed by atoms with E-state index in [0.29, 0.717) is 0 Å². The van der Waals surface area contributed by atoms with Crippen LogP contribution in [-0.4, -0.2) is 95.0 Å². The summed E-state index contributed by atoms with van der Waals surface area (Å²) >= 11 is 0. The highest BCUT2D eigenvalue weighted by atomic mass is 127. The van der Waals surface area contributed by atoms with Gasteiger partial charge in [-0.15, -0.1) is 0 Å². The Morgan fingerprint density at radius 3 is 0.750 bits per heavy atom. The van der Waals surface area contributed by atoms with Crippen molar-refractivity contribution >= 4 is 0 Å². The van der Waals surface area contributed by atoms with Gasteiger partial charge in [0.05, 0.1) is 55.4 Å². The van der Waals surface area contributed by atoms with Crippen molar-refractivity contribution in [2.45, 2.75) is 117 Å². The second-order valence-electron chi connectivity index (χ2n) is 13.1. The Balaban J connectivity index is -0.00000171. The predicted octanol–water partition coefficient (Wildman–Crippen LogP) is -1.49. The second kappa shape index (κ2) is 26.8. The molecule has 0 saturated heterocycles. The Morgan fingerprint density at radius 2 is 0.500 bits per heavy atom. The molecule has 0 spiro atoms. The molecule has 0 aliphatic heterocycles. The molecule has 0 aromatic rings. The molecule has 0 atom stereocenters. The number of nitrogens with zero attached hydrogens (tertiary/aromatic N) is 3. The normalized spacial score (nSPS) is 12.0. The van der Waals surface area contributed by atoms with Crippen molar-refractivity contribution in [1.82, 2.24) is 0 Å². The largest absolute Gasteiger partial charge is 1.00 e. The number of likely N-dealkylation sites (N-methyl/N-ethyl adjacent to an activating group) is 3. The van der Waals surface area contributed by atoms with Crippen LogP contribution in [0.4, 0.5) is 0 Å². The van der Waals surface area contributed by atoms with E-state index in [0.717, 1.165) is 4.48 Å². The van der Waals surface area contributed by atoms with Gasteiger partial charge < -0.3 is 71.4 Å². The Kier molecular flexibility index (Phi) is 33.2. The Hall–Kier alpha value is 1.57. The molecular weight excluding hydrogens is 689 g/mol. The molecule has 0 aromatic heterocycles. The first-order valence-electron chi connectivity index (χ1n) is 15.0. The Bertz CT molecular complexity index is 408. The number of hydrogen-bond donors (Lipinski definition) is 0. The highest BCUT2D eigenvalue weighted by molar-refractivity contribution is 4.48. The lowest BCUT2D eigenvalue weighted by Crippen LogP contribution is -3.00. The highest BCUT2D eigenvalue weighted by Gasteiger charge is 2.26. The first-order chi connectivity index (χ1) is 15.5. The van der Waals surface area contributed by atoms with Crippen LogP contribution < -0.4 is 57.9 Å². The van der Waals surface area contributed by atoms with Gasteiger partial charge in [0.25, 0.3) is 0 Å². The van der Waals surface area contributed by atoms with Crippen LogP contribution in [-0.2, 0) is 0 Å². The standard InChI is InChI=1S/C30H68N3.2BrH.HI/c1-9-11-13-15-17-19-21-23-25-31(3,4)27-29-33(7,8)30-28-32(5,6)26-24-22-20-18-16-14-12-10-2;;;/h9-30H2,1-8H3;3*1H/q+3;;;/p-3. The van der Waals surface area contributed by atoms with Crippen LogP contribution >= 0.6 is 0 Å². The van der Waals surface area contributed by atoms with Crippen LogP contribution in [0.1, 0.15) is 117 Å². The molecule has 0 aliphatic carbocycles. The molecule has 0 amide bonds. The van der Waals surface area contributed by atoms with E-state index < -0.39 is 0 Å². The highest BCUT2D eigenvalue weighted by Crippen LogP contribution is 2.13. The van der Waals surface area contributed by atoms with Gasteiger partial charge in [-0.2, -0.15) is 0 Å². The summed E-state index contributed by atoms with van der Waals surface area (Å²) in [6.45, 7) is 12.5. The third kappa shape index (κ3) is 30.1. The summed E-state index contributed by atoms with van der Waals surface area (Å²) in [5.74, 6) is 0. The van der Waals surface area contributed by atoms with Crippen LogP contribution in [0.3, 0.4) is 0 Å². The summed E-state index contributed by atoms with van der Waals surface area (Å²) in [6, 6.07) is 0. The molecule has 224 valence electrons. The van der Waals surface area contributed by atoms with E-state index in [4.69, 9.17) is 0 Å². The van der Waals surface area contributed by atoms with Crippen molar-refractivity contribution in [2.75, 3.05) is 81.6 Å². The third-order valence-electron chi connectivity index (χ3n) is 7.86.